The summed E-state index contributed by atoms with van der Waals surface area (Å²) in [5.41, 5.74) is 0.0496. The van der Waals surface area contributed by atoms with Crippen molar-refractivity contribution in [2.24, 2.45) is 5.92 Å². The fraction of sp³-hybridized carbons (Fsp3) is 0.353. The molecule has 1 heterocycles. The third kappa shape index (κ3) is 4.12. The summed E-state index contributed by atoms with van der Waals surface area (Å²) in [6.45, 7) is 2.54. The second-order valence-corrected chi connectivity index (χ2v) is 5.76. The van der Waals surface area contributed by atoms with Crippen LogP contribution in [0.25, 0.3) is 0 Å². The van der Waals surface area contributed by atoms with E-state index in [0.29, 0.717) is 0 Å². The Hall–Kier alpha value is -2.95. The molecule has 6 nitrogen and oxygen atoms in total. The van der Waals surface area contributed by atoms with E-state index >= 15 is 0 Å². The van der Waals surface area contributed by atoms with Crippen LogP contribution in [0, 0.1) is 17.2 Å². The lowest BCUT2D eigenvalue weighted by Gasteiger charge is -2.37. The summed E-state index contributed by atoms with van der Waals surface area (Å²) < 4.78 is 28.2. The highest BCUT2D eigenvalue weighted by molar-refractivity contribution is 6.02. The molecule has 2 amide bonds. The summed E-state index contributed by atoms with van der Waals surface area (Å²) in [6, 6.07) is 5.54. The standard InChI is InChI=1S/C17H17F2N3O3/c1-2-15(24)21-12-3-4-14(23)13(9-12)16(25)22-8-6-11(5-7-20)17(18,19)10-22/h2-4,9,11,23H,1,5-6,8,10H2,(H,21,24). The zero-order valence-electron chi connectivity index (χ0n) is 13.3. The van der Waals surface area contributed by atoms with E-state index in [1.165, 1.54) is 18.2 Å². The van der Waals surface area contributed by atoms with Gasteiger partial charge in [-0.3, -0.25) is 9.59 Å². The number of halogens is 2. The van der Waals surface area contributed by atoms with Crippen LogP contribution in [0.2, 0.25) is 0 Å². The number of nitrogens with zero attached hydrogens (tertiary/aromatic N) is 2. The van der Waals surface area contributed by atoms with Crippen LogP contribution in [0.15, 0.2) is 30.9 Å². The van der Waals surface area contributed by atoms with Crippen molar-refractivity contribution in [1.29, 1.82) is 5.26 Å². The summed E-state index contributed by atoms with van der Waals surface area (Å²) >= 11 is 0. The van der Waals surface area contributed by atoms with Gasteiger partial charge in [0.2, 0.25) is 5.91 Å². The van der Waals surface area contributed by atoms with Crippen LogP contribution in [0.1, 0.15) is 23.2 Å². The van der Waals surface area contributed by atoms with Crippen molar-refractivity contribution in [2.75, 3.05) is 18.4 Å². The van der Waals surface area contributed by atoms with Gasteiger partial charge >= 0.3 is 0 Å². The van der Waals surface area contributed by atoms with Crippen LogP contribution >= 0.6 is 0 Å². The fourth-order valence-corrected chi connectivity index (χ4v) is 2.67. The van der Waals surface area contributed by atoms with E-state index in [1.54, 1.807) is 6.07 Å². The molecule has 2 rings (SSSR count). The minimum absolute atomic E-state index is 0.0000469. The maximum atomic E-state index is 14.1. The number of likely N-dealkylation sites (tertiary alicyclic amines) is 1. The second-order valence-electron chi connectivity index (χ2n) is 5.76. The number of phenols is 1. The van der Waals surface area contributed by atoms with Gasteiger partial charge in [-0.25, -0.2) is 8.78 Å². The number of piperidine rings is 1. The molecule has 0 spiro atoms. The Balaban J connectivity index is 2.20. The van der Waals surface area contributed by atoms with Gasteiger partial charge in [-0.1, -0.05) is 6.58 Å². The summed E-state index contributed by atoms with van der Waals surface area (Å²) in [5.74, 6) is -5.90. The molecule has 1 atom stereocenters. The molecule has 0 bridgehead atoms. The number of nitriles is 1. The Bertz CT molecular complexity index is 743. The number of carbonyl (C=O) groups excluding carboxylic acids is 2. The number of hydrogen-bond acceptors (Lipinski definition) is 4. The van der Waals surface area contributed by atoms with Crippen LogP contribution < -0.4 is 5.32 Å². The van der Waals surface area contributed by atoms with Gasteiger partial charge in [0, 0.05) is 24.6 Å². The average molecular weight is 349 g/mol. The first kappa shape index (κ1) is 18.4. The van der Waals surface area contributed by atoms with Crippen LogP contribution in [0.3, 0.4) is 0 Å². The Morgan fingerprint density at radius 1 is 1.52 bits per heavy atom. The topological polar surface area (TPSA) is 93.4 Å². The molecular weight excluding hydrogens is 332 g/mol. The molecule has 1 saturated heterocycles. The fourth-order valence-electron chi connectivity index (χ4n) is 2.67. The highest BCUT2D eigenvalue weighted by atomic mass is 19.3. The highest BCUT2D eigenvalue weighted by Crippen LogP contribution is 2.36. The van der Waals surface area contributed by atoms with Gasteiger partial charge in [0.1, 0.15) is 5.75 Å². The van der Waals surface area contributed by atoms with Crippen molar-refractivity contribution in [3.63, 3.8) is 0 Å². The van der Waals surface area contributed by atoms with Crippen molar-refractivity contribution < 1.29 is 23.5 Å². The Morgan fingerprint density at radius 2 is 2.24 bits per heavy atom. The molecule has 1 fully saturated rings. The zero-order chi connectivity index (χ0) is 18.6. The lowest BCUT2D eigenvalue weighted by molar-refractivity contribution is -0.111. The predicted molar refractivity (Wildman–Crippen MR) is 86.1 cm³/mol. The number of amides is 2. The lowest BCUT2D eigenvalue weighted by Crippen LogP contribution is -2.50. The lowest BCUT2D eigenvalue weighted by atomic mass is 9.90. The van der Waals surface area contributed by atoms with Crippen molar-refractivity contribution in [1.82, 2.24) is 4.90 Å². The van der Waals surface area contributed by atoms with Crippen LogP contribution in [0.5, 0.6) is 5.75 Å². The van der Waals surface area contributed by atoms with Gasteiger partial charge in [-0.15, -0.1) is 0 Å². The van der Waals surface area contributed by atoms with Crippen molar-refractivity contribution >= 4 is 17.5 Å². The van der Waals surface area contributed by atoms with Gasteiger partial charge in [-0.05, 0) is 30.7 Å². The smallest absolute Gasteiger partial charge is 0.269 e. The van der Waals surface area contributed by atoms with Gasteiger partial charge in [0.15, 0.2) is 0 Å². The molecule has 0 saturated carbocycles. The van der Waals surface area contributed by atoms with E-state index in [0.717, 1.165) is 11.0 Å². The van der Waals surface area contributed by atoms with Crippen LogP contribution in [-0.2, 0) is 4.79 Å². The summed E-state index contributed by atoms with van der Waals surface area (Å²) in [6.07, 6.45) is 0.762. The zero-order valence-corrected chi connectivity index (χ0v) is 13.3. The molecule has 8 heteroatoms. The van der Waals surface area contributed by atoms with E-state index in [-0.39, 0.29) is 36.4 Å². The molecule has 1 aliphatic heterocycles. The van der Waals surface area contributed by atoms with Gasteiger partial charge < -0.3 is 15.3 Å². The van der Waals surface area contributed by atoms with E-state index in [2.05, 4.69) is 11.9 Å². The number of aromatic hydroxyl groups is 1. The first-order valence-electron chi connectivity index (χ1n) is 7.59. The summed E-state index contributed by atoms with van der Waals surface area (Å²) in [7, 11) is 0. The average Bonchev–Trinajstić information content (AvgIpc) is 2.57. The first-order valence-corrected chi connectivity index (χ1v) is 7.59. The van der Waals surface area contributed by atoms with Crippen molar-refractivity contribution in [3.8, 4) is 11.8 Å². The molecule has 0 aliphatic carbocycles. The number of phenolic OH excluding ortho intramolecular Hbond substituents is 1. The van der Waals surface area contributed by atoms with Gasteiger partial charge in [-0.2, -0.15) is 5.26 Å². The third-order valence-corrected chi connectivity index (χ3v) is 4.05. The number of rotatable bonds is 4. The molecule has 1 aliphatic rings. The Morgan fingerprint density at radius 3 is 2.84 bits per heavy atom. The number of nitrogens with one attached hydrogen (secondary N) is 1. The van der Waals surface area contributed by atoms with Crippen molar-refractivity contribution in [3.05, 3.63) is 36.4 Å². The maximum Gasteiger partial charge on any atom is 0.269 e. The molecule has 0 radical (unpaired) electrons. The predicted octanol–water partition coefficient (Wildman–Crippen LogP) is 2.53. The Kier molecular flexibility index (Phi) is 5.37. The molecular formula is C17H17F2N3O3. The van der Waals surface area contributed by atoms with Crippen LogP contribution in [0.4, 0.5) is 14.5 Å². The number of anilines is 1. The summed E-state index contributed by atoms with van der Waals surface area (Å²) in [4.78, 5) is 24.8. The SMILES string of the molecule is C=CC(=O)Nc1ccc(O)c(C(=O)N2CCC(CC#N)C(F)(F)C2)c1. The number of hydrogen-bond donors (Lipinski definition) is 2. The van der Waals surface area contributed by atoms with E-state index in [9.17, 15) is 23.5 Å². The number of benzene rings is 1. The minimum Gasteiger partial charge on any atom is -0.507 e. The normalized spacial score (nSPS) is 18.9. The number of carbonyl (C=O) groups is 2. The number of alkyl halides is 2. The van der Waals surface area contributed by atoms with Gasteiger partial charge in [0.25, 0.3) is 11.8 Å². The molecule has 2 N–H and O–H groups in total. The van der Waals surface area contributed by atoms with Crippen molar-refractivity contribution in [2.45, 2.75) is 18.8 Å². The minimum atomic E-state index is -3.17. The van der Waals surface area contributed by atoms with Gasteiger partial charge in [0.05, 0.1) is 18.2 Å². The highest BCUT2D eigenvalue weighted by Gasteiger charge is 2.45. The van der Waals surface area contributed by atoms with E-state index < -0.39 is 30.2 Å². The Labute approximate surface area is 143 Å². The van der Waals surface area contributed by atoms with E-state index in [1.807, 2.05) is 0 Å². The molecule has 132 valence electrons. The quantitative estimate of drug-likeness (QED) is 0.645. The second kappa shape index (κ2) is 7.30. The maximum absolute atomic E-state index is 14.1. The molecule has 25 heavy (non-hydrogen) atoms. The van der Waals surface area contributed by atoms with Crippen LogP contribution in [-0.4, -0.2) is 40.8 Å². The van der Waals surface area contributed by atoms with E-state index in [4.69, 9.17) is 5.26 Å². The monoisotopic (exact) mass is 349 g/mol. The summed E-state index contributed by atoms with van der Waals surface area (Å²) in [5, 5.41) is 20.9. The third-order valence-electron chi connectivity index (χ3n) is 4.05. The molecule has 0 aromatic heterocycles. The molecule has 1 unspecified atom stereocenters. The molecule has 1 aromatic rings. The molecule has 1 aromatic carbocycles. The largest absolute Gasteiger partial charge is 0.507 e. The first-order chi connectivity index (χ1) is 11.8.